The molecule has 2 amide bonds. The summed E-state index contributed by atoms with van der Waals surface area (Å²) in [5, 5.41) is 0.611. The van der Waals surface area contributed by atoms with Gasteiger partial charge in [0, 0.05) is 43.0 Å². The van der Waals surface area contributed by atoms with Crippen LogP contribution in [0.15, 0.2) is 42.5 Å². The summed E-state index contributed by atoms with van der Waals surface area (Å²) in [4.78, 5) is 30.0. The normalized spacial score (nSPS) is 20.6. The minimum atomic E-state index is -4.64. The molecular weight excluding hydrogens is 505 g/mol. The van der Waals surface area contributed by atoms with Crippen molar-refractivity contribution in [3.05, 3.63) is 64.2 Å². The number of carbonyl (C=O) groups is 2. The third-order valence-corrected chi connectivity index (χ3v) is 7.74. The van der Waals surface area contributed by atoms with Crippen LogP contribution in [0.4, 0.5) is 13.2 Å². The third-order valence-electron chi connectivity index (χ3n) is 7.32. The molecule has 9 heteroatoms. The molecule has 2 aromatic carbocycles. The van der Waals surface area contributed by atoms with E-state index in [1.54, 1.807) is 12.1 Å². The quantitative estimate of drug-likeness (QED) is 0.431. The fourth-order valence-corrected chi connectivity index (χ4v) is 5.42. The van der Waals surface area contributed by atoms with Crippen LogP contribution >= 0.6 is 11.6 Å². The van der Waals surface area contributed by atoms with Crippen molar-refractivity contribution in [1.29, 1.82) is 0 Å². The number of piperidine rings is 2. The number of alkyl halides is 3. The molecule has 0 saturated carbocycles. The van der Waals surface area contributed by atoms with Crippen molar-refractivity contribution in [2.75, 3.05) is 32.8 Å². The van der Waals surface area contributed by atoms with Gasteiger partial charge in [-0.3, -0.25) is 9.59 Å². The fraction of sp³-hybridized carbons (Fsp3) is 0.500. The van der Waals surface area contributed by atoms with E-state index in [1.807, 2.05) is 17.9 Å². The summed E-state index contributed by atoms with van der Waals surface area (Å²) in [5.41, 5.74) is -1.19. The van der Waals surface area contributed by atoms with E-state index in [0.29, 0.717) is 43.2 Å². The summed E-state index contributed by atoms with van der Waals surface area (Å²) in [6.45, 7) is 3.90. The Labute approximate surface area is 220 Å². The molecule has 0 spiro atoms. The number of carbonyl (C=O) groups excluding carboxylic acids is 2. The molecule has 2 heterocycles. The molecule has 4 rings (SSSR count). The highest BCUT2D eigenvalue weighted by Crippen LogP contribution is 2.38. The van der Waals surface area contributed by atoms with Gasteiger partial charge < -0.3 is 14.5 Å². The molecule has 2 aromatic rings. The molecule has 0 aromatic heterocycles. The van der Waals surface area contributed by atoms with Crippen LogP contribution in [-0.4, -0.2) is 54.4 Å². The Balaban J connectivity index is 1.59. The number of benzene rings is 2. The Morgan fingerprint density at radius 3 is 2.41 bits per heavy atom. The summed E-state index contributed by atoms with van der Waals surface area (Å²) in [6, 6.07) is 10.2. The van der Waals surface area contributed by atoms with Crippen molar-refractivity contribution in [3.8, 4) is 5.75 Å². The van der Waals surface area contributed by atoms with Crippen molar-refractivity contribution < 1.29 is 27.5 Å². The molecular formula is C28H32ClF3N2O3. The van der Waals surface area contributed by atoms with Gasteiger partial charge in [0.15, 0.2) is 0 Å². The largest absolute Gasteiger partial charge is 0.493 e. The van der Waals surface area contributed by atoms with Gasteiger partial charge in [0.25, 0.3) is 5.91 Å². The van der Waals surface area contributed by atoms with Crippen molar-refractivity contribution >= 4 is 23.4 Å². The number of halogens is 4. The summed E-state index contributed by atoms with van der Waals surface area (Å²) in [7, 11) is 0. The van der Waals surface area contributed by atoms with E-state index >= 15 is 0 Å². The molecule has 0 N–H and O–H groups in total. The number of amides is 2. The second kappa shape index (κ2) is 11.3. The Hall–Kier alpha value is -2.74. The first kappa shape index (κ1) is 27.3. The highest BCUT2D eigenvalue weighted by molar-refractivity contribution is 6.31. The van der Waals surface area contributed by atoms with E-state index in [9.17, 15) is 22.8 Å². The van der Waals surface area contributed by atoms with Crippen LogP contribution in [0.25, 0.3) is 0 Å². The van der Waals surface area contributed by atoms with Gasteiger partial charge in [-0.2, -0.15) is 13.2 Å². The van der Waals surface area contributed by atoms with Crippen LogP contribution in [0.1, 0.15) is 60.0 Å². The van der Waals surface area contributed by atoms with Crippen LogP contribution in [-0.2, 0) is 11.0 Å². The lowest BCUT2D eigenvalue weighted by molar-refractivity contribution is -0.138. The van der Waals surface area contributed by atoms with Crippen molar-refractivity contribution in [2.24, 2.45) is 5.41 Å². The number of rotatable bonds is 6. The van der Waals surface area contributed by atoms with Gasteiger partial charge in [0.05, 0.1) is 17.7 Å². The Kier molecular flexibility index (Phi) is 8.36. The number of likely N-dealkylation sites (tertiary alicyclic amines) is 2. The molecule has 0 unspecified atom stereocenters. The zero-order valence-electron chi connectivity index (χ0n) is 21.0. The van der Waals surface area contributed by atoms with Gasteiger partial charge in [0.2, 0.25) is 5.91 Å². The molecule has 5 nitrogen and oxygen atoms in total. The van der Waals surface area contributed by atoms with Gasteiger partial charge in [-0.15, -0.1) is 0 Å². The van der Waals surface area contributed by atoms with Crippen molar-refractivity contribution in [3.63, 3.8) is 0 Å². The zero-order valence-corrected chi connectivity index (χ0v) is 21.7. The highest BCUT2D eigenvalue weighted by Gasteiger charge is 2.43. The number of nitrogens with zero attached hydrogens (tertiary/aromatic N) is 2. The molecule has 2 saturated heterocycles. The average Bonchev–Trinajstić information content (AvgIpc) is 2.89. The minimum Gasteiger partial charge on any atom is -0.493 e. The Morgan fingerprint density at radius 1 is 1.00 bits per heavy atom. The van der Waals surface area contributed by atoms with E-state index in [-0.39, 0.29) is 31.0 Å². The maximum atomic E-state index is 13.6. The zero-order chi connectivity index (χ0) is 26.6. The summed E-state index contributed by atoms with van der Waals surface area (Å²) in [5.74, 6) is -0.0806. The second-order valence-electron chi connectivity index (χ2n) is 10.2. The molecule has 1 atom stereocenters. The van der Waals surface area contributed by atoms with E-state index in [2.05, 4.69) is 0 Å². The molecule has 37 heavy (non-hydrogen) atoms. The minimum absolute atomic E-state index is 0.000535. The van der Waals surface area contributed by atoms with Crippen LogP contribution < -0.4 is 4.74 Å². The third kappa shape index (κ3) is 6.58. The van der Waals surface area contributed by atoms with Crippen molar-refractivity contribution in [2.45, 2.75) is 51.6 Å². The Morgan fingerprint density at radius 2 is 1.70 bits per heavy atom. The van der Waals surface area contributed by atoms with E-state index < -0.39 is 23.1 Å². The van der Waals surface area contributed by atoms with Crippen LogP contribution in [0, 0.1) is 12.3 Å². The second-order valence-corrected chi connectivity index (χ2v) is 10.6. The first-order valence-corrected chi connectivity index (χ1v) is 13.1. The summed E-state index contributed by atoms with van der Waals surface area (Å²) in [6.07, 6.45) is -0.270. The molecule has 2 aliphatic rings. The number of aryl methyl sites for hydroxylation is 1. The number of ether oxygens (including phenoxy) is 1. The number of hydrogen-bond acceptors (Lipinski definition) is 3. The lowest BCUT2D eigenvalue weighted by Gasteiger charge is -2.43. The molecule has 0 aliphatic carbocycles. The maximum Gasteiger partial charge on any atom is 0.417 e. The van der Waals surface area contributed by atoms with Gasteiger partial charge in [-0.25, -0.2) is 0 Å². The van der Waals surface area contributed by atoms with Gasteiger partial charge in [-0.05, 0) is 74.9 Å². The van der Waals surface area contributed by atoms with Crippen LogP contribution in [0.2, 0.25) is 5.02 Å². The van der Waals surface area contributed by atoms with Crippen molar-refractivity contribution in [1.82, 2.24) is 9.80 Å². The molecule has 0 radical (unpaired) electrons. The van der Waals surface area contributed by atoms with Crippen LogP contribution in [0.5, 0.6) is 5.75 Å². The standard InChI is InChI=1S/C28H32ClF3N2O3/c1-20-16-21(10-11-24(20)29)37-19-27(17-25(35)33-13-5-2-6-14-33)12-7-15-34(18-27)26(36)22-8-3-4-9-23(22)28(30,31)32/h3-4,8-11,16H,2,5-7,12-15,17-19H2,1H3/t27-/m1/s1. The first-order valence-electron chi connectivity index (χ1n) is 12.7. The molecule has 2 fully saturated rings. The predicted molar refractivity (Wildman–Crippen MR) is 136 cm³/mol. The molecule has 2 aliphatic heterocycles. The fourth-order valence-electron chi connectivity index (χ4n) is 5.30. The van der Waals surface area contributed by atoms with E-state index in [4.69, 9.17) is 16.3 Å². The smallest absolute Gasteiger partial charge is 0.417 e. The predicted octanol–water partition coefficient (Wildman–Crippen LogP) is 6.37. The molecule has 200 valence electrons. The monoisotopic (exact) mass is 536 g/mol. The number of hydrogen-bond donors (Lipinski definition) is 0. The lowest BCUT2D eigenvalue weighted by Crippen LogP contribution is -2.51. The SMILES string of the molecule is Cc1cc(OC[C@@]2(CC(=O)N3CCCCC3)CCCN(C(=O)c3ccccc3C(F)(F)F)C2)ccc1Cl. The first-order chi connectivity index (χ1) is 17.6. The lowest BCUT2D eigenvalue weighted by atomic mass is 9.77. The van der Waals surface area contributed by atoms with Gasteiger partial charge in [-0.1, -0.05) is 23.7 Å². The van der Waals surface area contributed by atoms with E-state index in [1.165, 1.54) is 23.1 Å². The average molecular weight is 537 g/mol. The summed E-state index contributed by atoms with van der Waals surface area (Å²) < 4.78 is 47.0. The molecule has 0 bridgehead atoms. The van der Waals surface area contributed by atoms with E-state index in [0.717, 1.165) is 30.9 Å². The maximum absolute atomic E-state index is 13.6. The Bertz CT molecular complexity index is 1130. The highest BCUT2D eigenvalue weighted by atomic mass is 35.5. The van der Waals surface area contributed by atoms with Gasteiger partial charge in [0.1, 0.15) is 5.75 Å². The van der Waals surface area contributed by atoms with Gasteiger partial charge >= 0.3 is 6.18 Å². The van der Waals surface area contributed by atoms with Crippen LogP contribution in [0.3, 0.4) is 0 Å². The summed E-state index contributed by atoms with van der Waals surface area (Å²) >= 11 is 6.14. The topological polar surface area (TPSA) is 49.9 Å².